The van der Waals surface area contributed by atoms with Gasteiger partial charge in [-0.1, -0.05) is 23.7 Å². The molecule has 0 aliphatic carbocycles. The molecule has 3 aromatic rings. The van der Waals surface area contributed by atoms with E-state index in [1.165, 1.54) is 12.0 Å². The van der Waals surface area contributed by atoms with Crippen LogP contribution in [0.1, 0.15) is 12.0 Å². The Labute approximate surface area is 195 Å². The molecule has 0 fully saturated rings. The van der Waals surface area contributed by atoms with Crippen LogP contribution in [0.5, 0.6) is 11.5 Å². The Morgan fingerprint density at radius 3 is 2.76 bits per heavy atom. The number of hydrogen-bond donors (Lipinski definition) is 1. The molecule has 0 unspecified atom stereocenters. The first kappa shape index (κ1) is 22.3. The molecule has 2 aromatic carbocycles. The number of aliphatic imine (C=N–C) groups is 1. The van der Waals surface area contributed by atoms with Crippen molar-refractivity contribution in [2.75, 3.05) is 31.0 Å². The minimum Gasteiger partial charge on any atom is -0.497 e. The van der Waals surface area contributed by atoms with E-state index in [2.05, 4.69) is 15.3 Å². The van der Waals surface area contributed by atoms with Gasteiger partial charge in [0.25, 0.3) is 0 Å². The second kappa shape index (κ2) is 9.70. The summed E-state index contributed by atoms with van der Waals surface area (Å²) in [6.45, 7) is -0.251. The van der Waals surface area contributed by atoms with Crippen LogP contribution in [-0.4, -0.2) is 43.3 Å². The predicted molar refractivity (Wildman–Crippen MR) is 127 cm³/mol. The van der Waals surface area contributed by atoms with E-state index in [-0.39, 0.29) is 18.9 Å². The van der Waals surface area contributed by atoms with Crippen molar-refractivity contribution in [3.8, 4) is 11.5 Å². The van der Waals surface area contributed by atoms with Gasteiger partial charge in [0.15, 0.2) is 5.82 Å². The topological polar surface area (TPSA) is 93.1 Å². The summed E-state index contributed by atoms with van der Waals surface area (Å²) in [5, 5.41) is 3.20. The maximum Gasteiger partial charge on any atom is 0.244 e. The molecule has 0 radical (unpaired) electrons. The Kier molecular flexibility index (Phi) is 6.55. The van der Waals surface area contributed by atoms with Crippen molar-refractivity contribution >= 4 is 46.3 Å². The van der Waals surface area contributed by atoms with Crippen molar-refractivity contribution < 1.29 is 19.1 Å². The molecule has 1 aliphatic rings. The third-order valence-corrected chi connectivity index (χ3v) is 5.27. The van der Waals surface area contributed by atoms with Crippen LogP contribution in [0, 0.1) is 0 Å². The first-order valence-electron chi connectivity index (χ1n) is 10.1. The van der Waals surface area contributed by atoms with Crippen LogP contribution < -0.4 is 19.7 Å². The van der Waals surface area contributed by atoms with Gasteiger partial charge in [-0.25, -0.2) is 9.98 Å². The van der Waals surface area contributed by atoms with Crippen molar-refractivity contribution in [3.63, 3.8) is 0 Å². The zero-order valence-corrected chi connectivity index (χ0v) is 18.8. The lowest BCUT2D eigenvalue weighted by molar-refractivity contribution is -0.120. The first-order chi connectivity index (χ1) is 16.0. The number of rotatable bonds is 6. The third kappa shape index (κ3) is 4.96. The molecule has 0 spiro atoms. The second-order valence-electron chi connectivity index (χ2n) is 7.19. The van der Waals surface area contributed by atoms with E-state index < -0.39 is 5.91 Å². The average molecular weight is 465 g/mol. The number of benzene rings is 2. The molecular formula is C24H21ClN4O4. The Bertz CT molecular complexity index is 1240. The number of hydrogen-bond acceptors (Lipinski definition) is 6. The number of anilines is 2. The fourth-order valence-corrected chi connectivity index (χ4v) is 3.64. The molecule has 2 heterocycles. The molecule has 2 amide bonds. The minimum atomic E-state index is -0.426. The van der Waals surface area contributed by atoms with Crippen LogP contribution in [0.4, 0.5) is 17.2 Å². The Hall–Kier alpha value is -3.91. The molecule has 9 heteroatoms. The highest BCUT2D eigenvalue weighted by atomic mass is 35.5. The average Bonchev–Trinajstić information content (AvgIpc) is 2.96. The smallest absolute Gasteiger partial charge is 0.244 e. The highest BCUT2D eigenvalue weighted by Gasteiger charge is 2.28. The normalized spacial score (nSPS) is 13.0. The molecule has 168 valence electrons. The number of aromatic nitrogens is 1. The lowest BCUT2D eigenvalue weighted by atomic mass is 10.1. The zero-order chi connectivity index (χ0) is 23.4. The molecule has 0 bridgehead atoms. The molecule has 0 atom stereocenters. The summed E-state index contributed by atoms with van der Waals surface area (Å²) in [5.74, 6) is 0.698. The van der Waals surface area contributed by atoms with E-state index in [0.717, 1.165) is 5.56 Å². The molecule has 4 rings (SSSR count). The van der Waals surface area contributed by atoms with Gasteiger partial charge in [-0.2, -0.15) is 0 Å². The van der Waals surface area contributed by atoms with Crippen molar-refractivity contribution in [3.05, 3.63) is 71.4 Å². The van der Waals surface area contributed by atoms with Crippen molar-refractivity contribution in [2.45, 2.75) is 6.42 Å². The molecule has 0 saturated carbocycles. The second-order valence-corrected chi connectivity index (χ2v) is 7.62. The summed E-state index contributed by atoms with van der Waals surface area (Å²) in [4.78, 5) is 36.4. The van der Waals surface area contributed by atoms with Gasteiger partial charge >= 0.3 is 0 Å². The number of halogens is 1. The van der Waals surface area contributed by atoms with Gasteiger partial charge in [0.05, 0.1) is 32.0 Å². The Balaban J connectivity index is 1.62. The molecule has 1 N–H and O–H groups in total. The van der Waals surface area contributed by atoms with Gasteiger partial charge < -0.3 is 14.8 Å². The van der Waals surface area contributed by atoms with Crippen molar-refractivity contribution in [1.82, 2.24) is 4.98 Å². The summed E-state index contributed by atoms with van der Waals surface area (Å²) in [7, 11) is 3.07. The van der Waals surface area contributed by atoms with Crippen molar-refractivity contribution in [2.24, 2.45) is 4.99 Å². The highest BCUT2D eigenvalue weighted by molar-refractivity contribution is 6.31. The summed E-state index contributed by atoms with van der Waals surface area (Å²) in [6.07, 6.45) is 1.56. The van der Waals surface area contributed by atoms with Crippen LogP contribution in [0.3, 0.4) is 0 Å². The largest absolute Gasteiger partial charge is 0.497 e. The molecule has 8 nitrogen and oxygen atoms in total. The predicted octanol–water partition coefficient (Wildman–Crippen LogP) is 4.25. The molecule has 1 aromatic heterocycles. The van der Waals surface area contributed by atoms with Crippen molar-refractivity contribution in [1.29, 1.82) is 0 Å². The lowest BCUT2D eigenvalue weighted by Crippen LogP contribution is -2.39. The number of pyridine rings is 1. The highest BCUT2D eigenvalue weighted by Crippen LogP contribution is 2.32. The Morgan fingerprint density at radius 1 is 1.12 bits per heavy atom. The fraction of sp³-hybridized carbons (Fsp3) is 0.167. The maximum absolute atomic E-state index is 13.2. The van der Waals surface area contributed by atoms with Gasteiger partial charge in [0.2, 0.25) is 11.8 Å². The molecular weight excluding hydrogens is 444 g/mol. The number of ether oxygens (including phenoxy) is 2. The van der Waals surface area contributed by atoms with Gasteiger partial charge in [0.1, 0.15) is 23.7 Å². The summed E-state index contributed by atoms with van der Waals surface area (Å²) < 4.78 is 10.6. The van der Waals surface area contributed by atoms with E-state index in [1.807, 2.05) is 24.3 Å². The Morgan fingerprint density at radius 2 is 1.97 bits per heavy atom. The van der Waals surface area contributed by atoms with Crippen LogP contribution in [0.2, 0.25) is 5.02 Å². The van der Waals surface area contributed by atoms with Crippen LogP contribution >= 0.6 is 11.6 Å². The fourth-order valence-electron chi connectivity index (χ4n) is 3.47. The number of carbonyl (C=O) groups excluding carboxylic acids is 2. The van der Waals surface area contributed by atoms with E-state index in [0.29, 0.717) is 39.4 Å². The van der Waals surface area contributed by atoms with Crippen LogP contribution in [-0.2, 0) is 9.59 Å². The lowest BCUT2D eigenvalue weighted by Gasteiger charge is -2.21. The van der Waals surface area contributed by atoms with Gasteiger partial charge in [-0.15, -0.1) is 0 Å². The molecule has 0 saturated heterocycles. The number of nitrogens with zero attached hydrogens (tertiary/aromatic N) is 3. The summed E-state index contributed by atoms with van der Waals surface area (Å²) >= 11 is 6.05. The number of nitrogens with one attached hydrogen (secondary N) is 1. The van der Waals surface area contributed by atoms with Gasteiger partial charge in [-0.3, -0.25) is 14.5 Å². The van der Waals surface area contributed by atoms with E-state index >= 15 is 0 Å². The number of methoxy groups -OCH3 is 2. The summed E-state index contributed by atoms with van der Waals surface area (Å²) in [5.41, 5.74) is 2.22. The van der Waals surface area contributed by atoms with Gasteiger partial charge in [0, 0.05) is 16.8 Å². The number of fused-ring (bicyclic) bond motifs is 1. The van der Waals surface area contributed by atoms with E-state index in [1.54, 1.807) is 43.6 Å². The standard InChI is InChI=1S/C24H21ClN4O4/c1-32-17-6-3-5-15(11-17)19-13-23(31)29(24-18(27-19)7-4-10-26-24)14-22(30)28-20-12-16(25)8-9-21(20)33-2/h3-12H,13-14H2,1-2H3,(H,28,30). The monoisotopic (exact) mass is 464 g/mol. The zero-order valence-electron chi connectivity index (χ0n) is 18.0. The minimum absolute atomic E-state index is 0.00268. The van der Waals surface area contributed by atoms with E-state index in [4.69, 9.17) is 21.1 Å². The first-order valence-corrected chi connectivity index (χ1v) is 10.5. The summed E-state index contributed by atoms with van der Waals surface area (Å²) in [6, 6.07) is 15.7. The molecule has 33 heavy (non-hydrogen) atoms. The SMILES string of the molecule is COc1cccc(C2=Nc3cccnc3N(CC(=O)Nc3cc(Cl)ccc3OC)C(=O)C2)c1. The molecule has 1 aliphatic heterocycles. The third-order valence-electron chi connectivity index (χ3n) is 5.04. The van der Waals surface area contributed by atoms with Crippen LogP contribution in [0.25, 0.3) is 0 Å². The van der Waals surface area contributed by atoms with E-state index in [9.17, 15) is 9.59 Å². The van der Waals surface area contributed by atoms with Crippen LogP contribution in [0.15, 0.2) is 65.8 Å². The quantitative estimate of drug-likeness (QED) is 0.588. The van der Waals surface area contributed by atoms with Gasteiger partial charge in [-0.05, 0) is 42.5 Å². The number of amides is 2. The number of carbonyl (C=O) groups is 2. The maximum atomic E-state index is 13.2.